The summed E-state index contributed by atoms with van der Waals surface area (Å²) in [6.45, 7) is 1.93. The van der Waals surface area contributed by atoms with E-state index in [0.717, 1.165) is 0 Å². The number of aliphatic hydroxyl groups excluding tert-OH is 1. The van der Waals surface area contributed by atoms with Crippen LogP contribution in [0.25, 0.3) is 0 Å². The van der Waals surface area contributed by atoms with Gasteiger partial charge in [0.2, 0.25) is 0 Å². The van der Waals surface area contributed by atoms with Gasteiger partial charge in [0.05, 0.1) is 19.1 Å². The number of aliphatic hydroxyl groups is 1. The molecule has 3 N–H and O–H groups in total. The Morgan fingerprint density at radius 1 is 1.38 bits per heavy atom. The van der Waals surface area contributed by atoms with Crippen molar-refractivity contribution in [2.75, 3.05) is 6.61 Å². The van der Waals surface area contributed by atoms with Crippen molar-refractivity contribution in [1.29, 1.82) is 0 Å². The Kier molecular flexibility index (Phi) is 4.13. The number of benzene rings is 1. The predicted octanol–water partition coefficient (Wildman–Crippen LogP) is 1.08. The minimum atomic E-state index is -1.05. The van der Waals surface area contributed by atoms with E-state index in [1.807, 2.05) is 0 Å². The van der Waals surface area contributed by atoms with Crippen LogP contribution in [0.2, 0.25) is 0 Å². The molecule has 1 rings (SSSR count). The van der Waals surface area contributed by atoms with Crippen LogP contribution in [0.3, 0.4) is 0 Å². The number of hydrogen-bond acceptors (Lipinski definition) is 5. The summed E-state index contributed by atoms with van der Waals surface area (Å²) in [6, 6.07) is 3.89. The van der Waals surface area contributed by atoms with Crippen LogP contribution in [-0.4, -0.2) is 27.9 Å². The van der Waals surface area contributed by atoms with Gasteiger partial charge in [0.25, 0.3) is 0 Å². The third kappa shape index (κ3) is 3.13. The van der Waals surface area contributed by atoms with Crippen molar-refractivity contribution in [2.45, 2.75) is 19.4 Å². The van der Waals surface area contributed by atoms with E-state index in [2.05, 4.69) is 4.74 Å². The zero-order valence-electron chi connectivity index (χ0n) is 8.88. The monoisotopic (exact) mass is 226 g/mol. The normalized spacial score (nSPS) is 12.1. The number of hydrogen-bond donors (Lipinski definition) is 3. The first-order valence-electron chi connectivity index (χ1n) is 4.90. The minimum Gasteiger partial charge on any atom is -0.504 e. The molecule has 0 aromatic heterocycles. The van der Waals surface area contributed by atoms with Gasteiger partial charge in [0.1, 0.15) is 0 Å². The molecule has 1 aromatic rings. The van der Waals surface area contributed by atoms with Gasteiger partial charge in [-0.15, -0.1) is 0 Å². The molecule has 0 radical (unpaired) electrons. The summed E-state index contributed by atoms with van der Waals surface area (Å²) in [4.78, 5) is 11.1. The molecule has 5 nitrogen and oxygen atoms in total. The first-order chi connectivity index (χ1) is 7.54. The number of phenols is 2. The molecule has 0 aliphatic carbocycles. The third-order valence-electron chi connectivity index (χ3n) is 2.05. The Bertz CT molecular complexity index is 375. The fourth-order valence-electron chi connectivity index (χ4n) is 1.24. The van der Waals surface area contributed by atoms with Gasteiger partial charge in [0, 0.05) is 0 Å². The molecule has 0 spiro atoms. The van der Waals surface area contributed by atoms with Crippen LogP contribution in [0.15, 0.2) is 18.2 Å². The van der Waals surface area contributed by atoms with Crippen molar-refractivity contribution in [2.24, 2.45) is 0 Å². The van der Waals surface area contributed by atoms with Crippen LogP contribution in [0.5, 0.6) is 11.5 Å². The van der Waals surface area contributed by atoms with Crippen LogP contribution in [0, 0.1) is 0 Å². The Morgan fingerprint density at radius 2 is 2.06 bits per heavy atom. The molecular weight excluding hydrogens is 212 g/mol. The van der Waals surface area contributed by atoms with Crippen molar-refractivity contribution >= 4 is 5.97 Å². The van der Waals surface area contributed by atoms with Gasteiger partial charge in [-0.1, -0.05) is 6.07 Å². The molecule has 1 unspecified atom stereocenters. The van der Waals surface area contributed by atoms with Gasteiger partial charge < -0.3 is 20.1 Å². The lowest BCUT2D eigenvalue weighted by Gasteiger charge is -2.10. The van der Waals surface area contributed by atoms with E-state index >= 15 is 0 Å². The minimum absolute atomic E-state index is 0.182. The topological polar surface area (TPSA) is 87.0 Å². The SMILES string of the molecule is CCOC(=O)CC(O)c1ccc(O)c(O)c1. The van der Waals surface area contributed by atoms with E-state index in [1.165, 1.54) is 18.2 Å². The number of carbonyl (C=O) groups excluding carboxylic acids is 1. The summed E-state index contributed by atoms with van der Waals surface area (Å²) in [5.74, 6) is -1.12. The fraction of sp³-hybridized carbons (Fsp3) is 0.364. The van der Waals surface area contributed by atoms with Crippen LogP contribution in [0.1, 0.15) is 25.0 Å². The van der Waals surface area contributed by atoms with Crippen molar-refractivity contribution in [3.63, 3.8) is 0 Å². The van der Waals surface area contributed by atoms with E-state index in [0.29, 0.717) is 5.56 Å². The van der Waals surface area contributed by atoms with Crippen molar-refractivity contribution in [1.82, 2.24) is 0 Å². The molecule has 1 atom stereocenters. The van der Waals surface area contributed by atoms with E-state index in [-0.39, 0.29) is 24.5 Å². The second-order valence-electron chi connectivity index (χ2n) is 3.27. The summed E-state index contributed by atoms with van der Waals surface area (Å²) in [7, 11) is 0. The number of carbonyl (C=O) groups is 1. The van der Waals surface area contributed by atoms with E-state index in [9.17, 15) is 15.0 Å². The van der Waals surface area contributed by atoms with Crippen LogP contribution < -0.4 is 0 Å². The number of rotatable bonds is 4. The maximum Gasteiger partial charge on any atom is 0.308 e. The number of aromatic hydroxyl groups is 2. The molecule has 0 bridgehead atoms. The summed E-state index contributed by atoms with van der Waals surface area (Å²) in [5, 5.41) is 27.9. The zero-order valence-corrected chi connectivity index (χ0v) is 8.88. The molecule has 0 heterocycles. The fourth-order valence-corrected chi connectivity index (χ4v) is 1.24. The smallest absolute Gasteiger partial charge is 0.308 e. The molecule has 0 aliphatic rings. The Morgan fingerprint density at radius 3 is 2.62 bits per heavy atom. The number of esters is 1. The van der Waals surface area contributed by atoms with Crippen LogP contribution in [0.4, 0.5) is 0 Å². The van der Waals surface area contributed by atoms with Crippen LogP contribution in [-0.2, 0) is 9.53 Å². The van der Waals surface area contributed by atoms with Gasteiger partial charge in [-0.05, 0) is 24.6 Å². The van der Waals surface area contributed by atoms with Gasteiger partial charge >= 0.3 is 5.97 Å². The summed E-state index contributed by atoms with van der Waals surface area (Å²) >= 11 is 0. The first kappa shape index (κ1) is 12.3. The molecule has 0 amide bonds. The number of phenolic OH excluding ortho intramolecular Hbond substituents is 2. The molecule has 88 valence electrons. The molecule has 0 saturated carbocycles. The second kappa shape index (κ2) is 5.37. The zero-order chi connectivity index (χ0) is 12.1. The maximum atomic E-state index is 11.1. The Balaban J connectivity index is 2.69. The molecule has 0 fully saturated rings. The second-order valence-corrected chi connectivity index (χ2v) is 3.27. The van der Waals surface area contributed by atoms with Crippen LogP contribution >= 0.6 is 0 Å². The van der Waals surface area contributed by atoms with Crippen molar-refractivity contribution in [3.8, 4) is 11.5 Å². The molecule has 16 heavy (non-hydrogen) atoms. The Labute approximate surface area is 92.9 Å². The highest BCUT2D eigenvalue weighted by Crippen LogP contribution is 2.28. The molecule has 0 aliphatic heterocycles. The first-order valence-corrected chi connectivity index (χ1v) is 4.90. The average molecular weight is 226 g/mol. The maximum absolute atomic E-state index is 11.1. The predicted molar refractivity (Wildman–Crippen MR) is 56.0 cm³/mol. The highest BCUT2D eigenvalue weighted by molar-refractivity contribution is 5.70. The Hall–Kier alpha value is -1.75. The lowest BCUT2D eigenvalue weighted by molar-refractivity contribution is -0.145. The van der Waals surface area contributed by atoms with Gasteiger partial charge in [0.15, 0.2) is 11.5 Å². The lowest BCUT2D eigenvalue weighted by Crippen LogP contribution is -2.09. The molecule has 1 aromatic carbocycles. The van der Waals surface area contributed by atoms with E-state index < -0.39 is 12.1 Å². The summed E-state index contributed by atoms with van der Waals surface area (Å²) in [5.41, 5.74) is 0.350. The molecular formula is C11H14O5. The standard InChI is InChI=1S/C11H14O5/c1-2-16-11(15)6-9(13)7-3-4-8(12)10(14)5-7/h3-5,9,12-14H,2,6H2,1H3. The lowest BCUT2D eigenvalue weighted by atomic mass is 10.1. The van der Waals surface area contributed by atoms with Crippen molar-refractivity contribution < 1.29 is 24.9 Å². The van der Waals surface area contributed by atoms with Gasteiger partial charge in [-0.25, -0.2) is 0 Å². The van der Waals surface area contributed by atoms with E-state index in [1.54, 1.807) is 6.92 Å². The average Bonchev–Trinajstić information content (AvgIpc) is 2.22. The third-order valence-corrected chi connectivity index (χ3v) is 2.05. The quantitative estimate of drug-likeness (QED) is 0.528. The van der Waals surface area contributed by atoms with Crippen molar-refractivity contribution in [3.05, 3.63) is 23.8 Å². The van der Waals surface area contributed by atoms with Gasteiger partial charge in [-0.2, -0.15) is 0 Å². The van der Waals surface area contributed by atoms with E-state index in [4.69, 9.17) is 5.11 Å². The summed E-state index contributed by atoms with van der Waals surface area (Å²) < 4.78 is 4.68. The highest BCUT2D eigenvalue weighted by atomic mass is 16.5. The number of ether oxygens (including phenoxy) is 1. The summed E-state index contributed by atoms with van der Waals surface area (Å²) in [6.07, 6.45) is -1.23. The van der Waals surface area contributed by atoms with Gasteiger partial charge in [-0.3, -0.25) is 4.79 Å². The highest BCUT2D eigenvalue weighted by Gasteiger charge is 2.15. The molecule has 5 heteroatoms. The largest absolute Gasteiger partial charge is 0.504 e. The molecule has 0 saturated heterocycles.